The van der Waals surface area contributed by atoms with E-state index in [1.54, 1.807) is 0 Å². The van der Waals surface area contributed by atoms with Gasteiger partial charge >= 0.3 is 5.97 Å². The summed E-state index contributed by atoms with van der Waals surface area (Å²) in [5.74, 6) is 0.722. The quantitative estimate of drug-likeness (QED) is 0.936. The molecule has 0 radical (unpaired) electrons. The summed E-state index contributed by atoms with van der Waals surface area (Å²) in [5, 5.41) is 9.26. The lowest BCUT2D eigenvalue weighted by molar-refractivity contribution is -0.140. The average Bonchev–Trinajstić information content (AvgIpc) is 3.25. The van der Waals surface area contributed by atoms with Crippen molar-refractivity contribution in [3.05, 3.63) is 24.3 Å². The number of nitrogens with zero attached hydrogens (tertiary/aromatic N) is 4. The van der Waals surface area contributed by atoms with Crippen LogP contribution in [-0.2, 0) is 4.79 Å². The summed E-state index contributed by atoms with van der Waals surface area (Å²) in [7, 11) is 0. The van der Waals surface area contributed by atoms with Gasteiger partial charge in [0.2, 0.25) is 0 Å². The van der Waals surface area contributed by atoms with Gasteiger partial charge in [0.1, 0.15) is 0 Å². The number of hydrogen-bond donors (Lipinski definition) is 1. The van der Waals surface area contributed by atoms with Crippen molar-refractivity contribution in [2.75, 3.05) is 36.0 Å². The molecule has 2 aromatic rings. The molecule has 4 rings (SSSR count). The highest BCUT2D eigenvalue weighted by Crippen LogP contribution is 2.33. The van der Waals surface area contributed by atoms with Crippen molar-refractivity contribution in [3.63, 3.8) is 0 Å². The van der Waals surface area contributed by atoms with E-state index in [2.05, 4.69) is 9.80 Å². The Morgan fingerprint density at radius 1 is 1.00 bits per heavy atom. The molecule has 0 saturated carbocycles. The molecule has 0 aliphatic carbocycles. The van der Waals surface area contributed by atoms with E-state index in [1.807, 2.05) is 24.3 Å². The number of para-hydroxylation sites is 2. The molecule has 0 bridgehead atoms. The fourth-order valence-corrected chi connectivity index (χ4v) is 3.49. The van der Waals surface area contributed by atoms with Gasteiger partial charge in [-0.05, 0) is 31.4 Å². The highest BCUT2D eigenvalue weighted by molar-refractivity contribution is 5.81. The zero-order valence-electron chi connectivity index (χ0n) is 13.0. The Bertz CT molecular complexity index is 742. The SMILES string of the molecule is O=C(O)C1CCN(c2nc3ccccc3nc2N2CCCC2)C1. The number of anilines is 2. The van der Waals surface area contributed by atoms with Crippen LogP contribution in [-0.4, -0.2) is 47.2 Å². The number of carbonyl (C=O) groups is 1. The first-order chi connectivity index (χ1) is 11.2. The van der Waals surface area contributed by atoms with Crippen LogP contribution in [0.3, 0.4) is 0 Å². The molecule has 23 heavy (non-hydrogen) atoms. The van der Waals surface area contributed by atoms with Gasteiger partial charge in [0.25, 0.3) is 0 Å². The summed E-state index contributed by atoms with van der Waals surface area (Å²) < 4.78 is 0. The van der Waals surface area contributed by atoms with E-state index in [1.165, 1.54) is 12.8 Å². The number of fused-ring (bicyclic) bond motifs is 1. The first-order valence-corrected chi connectivity index (χ1v) is 8.22. The van der Waals surface area contributed by atoms with Gasteiger partial charge in [0.05, 0.1) is 17.0 Å². The Labute approximate surface area is 134 Å². The first kappa shape index (κ1) is 14.2. The molecule has 2 aliphatic heterocycles. The normalized spacial score (nSPS) is 21.3. The molecule has 2 fully saturated rings. The Hall–Kier alpha value is -2.37. The number of hydrogen-bond acceptors (Lipinski definition) is 5. The van der Waals surface area contributed by atoms with Gasteiger partial charge in [-0.2, -0.15) is 0 Å². The molecule has 1 aromatic carbocycles. The van der Waals surface area contributed by atoms with E-state index in [9.17, 15) is 9.90 Å². The Morgan fingerprint density at radius 2 is 1.61 bits per heavy atom. The zero-order valence-corrected chi connectivity index (χ0v) is 13.0. The third-order valence-corrected chi connectivity index (χ3v) is 4.78. The van der Waals surface area contributed by atoms with Crippen molar-refractivity contribution in [3.8, 4) is 0 Å². The fraction of sp³-hybridized carbons (Fsp3) is 0.471. The monoisotopic (exact) mass is 312 g/mol. The molecular formula is C17H20N4O2. The van der Waals surface area contributed by atoms with Crippen molar-refractivity contribution in [2.45, 2.75) is 19.3 Å². The number of carboxylic acids is 1. The van der Waals surface area contributed by atoms with Crippen LogP contribution in [0.5, 0.6) is 0 Å². The van der Waals surface area contributed by atoms with Crippen LogP contribution < -0.4 is 9.80 Å². The second kappa shape index (κ2) is 5.68. The summed E-state index contributed by atoms with van der Waals surface area (Å²) >= 11 is 0. The Morgan fingerprint density at radius 3 is 2.17 bits per heavy atom. The van der Waals surface area contributed by atoms with Crippen LogP contribution in [0.1, 0.15) is 19.3 Å². The van der Waals surface area contributed by atoms with Gasteiger partial charge < -0.3 is 14.9 Å². The molecular weight excluding hydrogens is 292 g/mol. The maximum Gasteiger partial charge on any atom is 0.308 e. The topological polar surface area (TPSA) is 69.6 Å². The van der Waals surface area contributed by atoms with E-state index in [0.29, 0.717) is 13.0 Å². The highest BCUT2D eigenvalue weighted by atomic mass is 16.4. The number of aromatic nitrogens is 2. The molecule has 1 unspecified atom stereocenters. The zero-order chi connectivity index (χ0) is 15.8. The lowest BCUT2D eigenvalue weighted by Gasteiger charge is -2.25. The molecule has 3 heterocycles. The Balaban J connectivity index is 1.77. The molecule has 1 atom stereocenters. The number of rotatable bonds is 3. The standard InChI is InChI=1S/C17H20N4O2/c22-17(23)12-7-10-21(11-12)16-15(20-8-3-4-9-20)18-13-5-1-2-6-14(13)19-16/h1-2,5-6,12H,3-4,7-11H2,(H,22,23). The lowest BCUT2D eigenvalue weighted by Crippen LogP contribution is -2.28. The van der Waals surface area contributed by atoms with E-state index >= 15 is 0 Å². The minimum Gasteiger partial charge on any atom is -0.481 e. The van der Waals surface area contributed by atoms with Crippen LogP contribution in [0.15, 0.2) is 24.3 Å². The van der Waals surface area contributed by atoms with Gasteiger partial charge in [0.15, 0.2) is 11.6 Å². The van der Waals surface area contributed by atoms with Crippen molar-refractivity contribution < 1.29 is 9.90 Å². The van der Waals surface area contributed by atoms with Gasteiger partial charge in [-0.15, -0.1) is 0 Å². The fourth-order valence-electron chi connectivity index (χ4n) is 3.49. The van der Waals surface area contributed by atoms with Crippen molar-refractivity contribution in [1.82, 2.24) is 9.97 Å². The van der Waals surface area contributed by atoms with Crippen molar-refractivity contribution in [1.29, 1.82) is 0 Å². The van der Waals surface area contributed by atoms with E-state index in [-0.39, 0.29) is 5.92 Å². The molecule has 0 amide bonds. The van der Waals surface area contributed by atoms with Crippen LogP contribution in [0.25, 0.3) is 11.0 Å². The average molecular weight is 312 g/mol. The van der Waals surface area contributed by atoms with E-state index in [0.717, 1.165) is 42.3 Å². The number of carboxylic acid groups (broad SMARTS) is 1. The minimum atomic E-state index is -0.719. The second-order valence-corrected chi connectivity index (χ2v) is 6.32. The molecule has 6 nitrogen and oxygen atoms in total. The van der Waals surface area contributed by atoms with Crippen molar-refractivity contribution in [2.24, 2.45) is 5.92 Å². The number of benzene rings is 1. The molecule has 6 heteroatoms. The van der Waals surface area contributed by atoms with Gasteiger partial charge in [-0.25, -0.2) is 9.97 Å². The first-order valence-electron chi connectivity index (χ1n) is 8.22. The maximum atomic E-state index is 11.3. The van der Waals surface area contributed by atoms with Gasteiger partial charge in [-0.3, -0.25) is 4.79 Å². The summed E-state index contributed by atoms with van der Waals surface area (Å²) in [5.41, 5.74) is 1.76. The summed E-state index contributed by atoms with van der Waals surface area (Å²) in [4.78, 5) is 25.3. The second-order valence-electron chi connectivity index (χ2n) is 6.32. The van der Waals surface area contributed by atoms with E-state index in [4.69, 9.17) is 9.97 Å². The van der Waals surface area contributed by atoms with Crippen LogP contribution in [0, 0.1) is 5.92 Å². The highest BCUT2D eigenvalue weighted by Gasteiger charge is 2.32. The summed E-state index contributed by atoms with van der Waals surface area (Å²) in [6, 6.07) is 7.88. The third kappa shape index (κ3) is 2.58. The van der Waals surface area contributed by atoms with Crippen LogP contribution in [0.2, 0.25) is 0 Å². The smallest absolute Gasteiger partial charge is 0.308 e. The minimum absolute atomic E-state index is 0.310. The van der Waals surface area contributed by atoms with Crippen LogP contribution in [0.4, 0.5) is 11.6 Å². The molecule has 120 valence electrons. The molecule has 2 aliphatic rings. The third-order valence-electron chi connectivity index (χ3n) is 4.78. The Kier molecular flexibility index (Phi) is 3.52. The lowest BCUT2D eigenvalue weighted by atomic mass is 10.1. The maximum absolute atomic E-state index is 11.3. The predicted molar refractivity (Wildman–Crippen MR) is 88.9 cm³/mol. The van der Waals surface area contributed by atoms with Crippen molar-refractivity contribution >= 4 is 28.6 Å². The molecule has 1 N–H and O–H groups in total. The van der Waals surface area contributed by atoms with Gasteiger partial charge in [0, 0.05) is 26.2 Å². The van der Waals surface area contributed by atoms with Gasteiger partial charge in [-0.1, -0.05) is 12.1 Å². The molecule has 2 saturated heterocycles. The molecule has 1 aromatic heterocycles. The number of aliphatic carboxylic acids is 1. The largest absolute Gasteiger partial charge is 0.481 e. The predicted octanol–water partition coefficient (Wildman–Crippen LogP) is 2.14. The molecule has 0 spiro atoms. The summed E-state index contributed by atoms with van der Waals surface area (Å²) in [6.45, 7) is 3.24. The summed E-state index contributed by atoms with van der Waals surface area (Å²) in [6.07, 6.45) is 3.01. The van der Waals surface area contributed by atoms with E-state index < -0.39 is 5.97 Å². The van der Waals surface area contributed by atoms with Crippen LogP contribution >= 0.6 is 0 Å².